The first-order valence-corrected chi connectivity index (χ1v) is 6.84. The van der Waals surface area contributed by atoms with Crippen LogP contribution in [0.1, 0.15) is 27.2 Å². The lowest BCUT2D eigenvalue weighted by Gasteiger charge is -2.22. The molecule has 0 aliphatic rings. The summed E-state index contributed by atoms with van der Waals surface area (Å²) in [6, 6.07) is 0. The molecule has 0 aliphatic heterocycles. The third kappa shape index (κ3) is 5.46. The second kappa shape index (κ2) is 5.63. The highest BCUT2D eigenvalue weighted by atomic mass is 32.2. The molecule has 0 amide bonds. The molecule has 0 aliphatic carbocycles. The molecule has 0 saturated carbocycles. The Morgan fingerprint density at radius 2 is 1.75 bits per heavy atom. The highest BCUT2D eigenvalue weighted by Crippen LogP contribution is 2.15. The van der Waals surface area contributed by atoms with Gasteiger partial charge in [-0.15, -0.1) is 0 Å². The van der Waals surface area contributed by atoms with Gasteiger partial charge < -0.3 is 10.0 Å². The first kappa shape index (κ1) is 15.4. The Balaban J connectivity index is 4.11. The molecule has 96 valence electrons. The number of carboxylic acids is 1. The standard InChI is InChI=1S/C10H21NO4S/c1-10(2,3)16(14,15)8-7-11(4)6-5-9(12)13/h5-8H2,1-4H3,(H,12,13). The van der Waals surface area contributed by atoms with Crippen molar-refractivity contribution in [3.63, 3.8) is 0 Å². The third-order valence-electron chi connectivity index (χ3n) is 2.38. The topological polar surface area (TPSA) is 74.7 Å². The fourth-order valence-electron chi connectivity index (χ4n) is 0.981. The molecule has 5 nitrogen and oxygen atoms in total. The van der Waals surface area contributed by atoms with E-state index in [9.17, 15) is 13.2 Å². The van der Waals surface area contributed by atoms with Crippen LogP contribution in [0.15, 0.2) is 0 Å². The molecule has 0 aromatic rings. The van der Waals surface area contributed by atoms with Crippen LogP contribution in [0.3, 0.4) is 0 Å². The van der Waals surface area contributed by atoms with E-state index in [2.05, 4.69) is 0 Å². The average molecular weight is 251 g/mol. The van der Waals surface area contributed by atoms with Crippen LogP contribution in [-0.4, -0.2) is 55.0 Å². The molecule has 6 heteroatoms. The van der Waals surface area contributed by atoms with Crippen molar-refractivity contribution in [2.75, 3.05) is 25.9 Å². The fourth-order valence-corrected chi connectivity index (χ4v) is 2.14. The van der Waals surface area contributed by atoms with Gasteiger partial charge in [0.2, 0.25) is 0 Å². The summed E-state index contributed by atoms with van der Waals surface area (Å²) >= 11 is 0. The number of sulfone groups is 1. The molecule has 0 aromatic carbocycles. The van der Waals surface area contributed by atoms with E-state index in [1.807, 2.05) is 0 Å². The summed E-state index contributed by atoms with van der Waals surface area (Å²) in [5.41, 5.74) is 0. The van der Waals surface area contributed by atoms with Crippen molar-refractivity contribution in [3.8, 4) is 0 Å². The molecular weight excluding hydrogens is 230 g/mol. The van der Waals surface area contributed by atoms with Gasteiger partial charge in [-0.3, -0.25) is 4.79 Å². The maximum absolute atomic E-state index is 11.8. The molecule has 0 spiro atoms. The Morgan fingerprint density at radius 1 is 1.25 bits per heavy atom. The number of carboxylic acid groups (broad SMARTS) is 1. The van der Waals surface area contributed by atoms with E-state index in [-0.39, 0.29) is 12.2 Å². The van der Waals surface area contributed by atoms with Gasteiger partial charge >= 0.3 is 5.97 Å². The van der Waals surface area contributed by atoms with E-state index >= 15 is 0 Å². The van der Waals surface area contributed by atoms with Crippen LogP contribution in [0.5, 0.6) is 0 Å². The zero-order chi connectivity index (χ0) is 13.0. The largest absolute Gasteiger partial charge is 0.481 e. The van der Waals surface area contributed by atoms with Gasteiger partial charge in [0.1, 0.15) is 0 Å². The molecule has 0 aromatic heterocycles. The van der Waals surface area contributed by atoms with Crippen molar-refractivity contribution < 1.29 is 18.3 Å². The van der Waals surface area contributed by atoms with Crippen LogP contribution >= 0.6 is 0 Å². The number of carbonyl (C=O) groups is 1. The highest BCUT2D eigenvalue weighted by molar-refractivity contribution is 7.92. The second-order valence-electron chi connectivity index (χ2n) is 4.88. The predicted octanol–water partition coefficient (Wildman–Crippen LogP) is 0.606. The summed E-state index contributed by atoms with van der Waals surface area (Å²) in [5.74, 6) is -0.808. The lowest BCUT2D eigenvalue weighted by atomic mass is 10.3. The van der Waals surface area contributed by atoms with Crippen molar-refractivity contribution in [1.82, 2.24) is 4.90 Å². The molecule has 0 saturated heterocycles. The zero-order valence-corrected chi connectivity index (χ0v) is 11.2. The van der Waals surface area contributed by atoms with Gasteiger partial charge in [-0.05, 0) is 27.8 Å². The minimum Gasteiger partial charge on any atom is -0.481 e. The lowest BCUT2D eigenvalue weighted by molar-refractivity contribution is -0.137. The van der Waals surface area contributed by atoms with Crippen molar-refractivity contribution in [2.24, 2.45) is 0 Å². The molecule has 0 radical (unpaired) electrons. The molecule has 0 rings (SSSR count). The lowest BCUT2D eigenvalue weighted by Crippen LogP contribution is -2.35. The Hall–Kier alpha value is -0.620. The second-order valence-corrected chi connectivity index (χ2v) is 7.74. The maximum atomic E-state index is 11.8. The summed E-state index contributed by atoms with van der Waals surface area (Å²) in [4.78, 5) is 12.0. The van der Waals surface area contributed by atoms with Gasteiger partial charge in [0.25, 0.3) is 0 Å². The van der Waals surface area contributed by atoms with Gasteiger partial charge in [0, 0.05) is 13.1 Å². The molecule has 0 atom stereocenters. The Kier molecular flexibility index (Phi) is 5.41. The molecule has 16 heavy (non-hydrogen) atoms. The molecule has 0 heterocycles. The Morgan fingerprint density at radius 3 is 2.12 bits per heavy atom. The van der Waals surface area contributed by atoms with E-state index in [1.54, 1.807) is 32.7 Å². The summed E-state index contributed by atoms with van der Waals surface area (Å²) in [5, 5.41) is 8.47. The van der Waals surface area contributed by atoms with Gasteiger partial charge in [0.05, 0.1) is 16.9 Å². The summed E-state index contributed by atoms with van der Waals surface area (Å²) in [7, 11) is -1.40. The predicted molar refractivity (Wildman–Crippen MR) is 63.3 cm³/mol. The molecular formula is C10H21NO4S. The van der Waals surface area contributed by atoms with Gasteiger partial charge in [-0.1, -0.05) is 0 Å². The van der Waals surface area contributed by atoms with Gasteiger partial charge in [-0.2, -0.15) is 0 Å². The number of hydrogen-bond donors (Lipinski definition) is 1. The first-order chi connectivity index (χ1) is 7.06. The summed E-state index contributed by atoms with van der Waals surface area (Å²) < 4.78 is 22.8. The molecule has 0 fully saturated rings. The van der Waals surface area contributed by atoms with Crippen molar-refractivity contribution >= 4 is 15.8 Å². The molecule has 0 unspecified atom stereocenters. The van der Waals surface area contributed by atoms with Crippen LogP contribution in [0.4, 0.5) is 0 Å². The minimum atomic E-state index is -3.12. The SMILES string of the molecule is CN(CCC(=O)O)CCS(=O)(=O)C(C)(C)C. The van der Waals surface area contributed by atoms with Crippen LogP contribution in [0, 0.1) is 0 Å². The van der Waals surface area contributed by atoms with Crippen LogP contribution < -0.4 is 0 Å². The van der Waals surface area contributed by atoms with E-state index < -0.39 is 20.6 Å². The van der Waals surface area contributed by atoms with Crippen molar-refractivity contribution in [1.29, 1.82) is 0 Å². The first-order valence-electron chi connectivity index (χ1n) is 5.19. The van der Waals surface area contributed by atoms with Crippen LogP contribution in [0.25, 0.3) is 0 Å². The van der Waals surface area contributed by atoms with E-state index in [0.717, 1.165) is 0 Å². The van der Waals surface area contributed by atoms with Crippen LogP contribution in [-0.2, 0) is 14.6 Å². The van der Waals surface area contributed by atoms with Gasteiger partial charge in [0.15, 0.2) is 9.84 Å². The number of rotatable bonds is 6. The normalized spacial score (nSPS) is 13.1. The minimum absolute atomic E-state index is 0.0338. The Labute approximate surface area is 97.4 Å². The highest BCUT2D eigenvalue weighted by Gasteiger charge is 2.28. The number of hydrogen-bond acceptors (Lipinski definition) is 4. The van der Waals surface area contributed by atoms with Gasteiger partial charge in [-0.25, -0.2) is 8.42 Å². The average Bonchev–Trinajstić information content (AvgIpc) is 2.09. The van der Waals surface area contributed by atoms with Crippen molar-refractivity contribution in [3.05, 3.63) is 0 Å². The monoisotopic (exact) mass is 251 g/mol. The Bertz CT molecular complexity index is 329. The molecule has 1 N–H and O–H groups in total. The van der Waals surface area contributed by atoms with Crippen LogP contribution in [0.2, 0.25) is 0 Å². The fraction of sp³-hybridized carbons (Fsp3) is 0.900. The quantitative estimate of drug-likeness (QED) is 0.748. The van der Waals surface area contributed by atoms with E-state index in [0.29, 0.717) is 13.1 Å². The smallest absolute Gasteiger partial charge is 0.304 e. The number of nitrogens with zero attached hydrogens (tertiary/aromatic N) is 1. The maximum Gasteiger partial charge on any atom is 0.304 e. The number of aliphatic carboxylic acids is 1. The van der Waals surface area contributed by atoms with E-state index in [4.69, 9.17) is 5.11 Å². The third-order valence-corrected chi connectivity index (χ3v) is 4.97. The molecule has 0 bridgehead atoms. The van der Waals surface area contributed by atoms with Crippen molar-refractivity contribution in [2.45, 2.75) is 31.9 Å². The van der Waals surface area contributed by atoms with E-state index in [1.165, 1.54) is 0 Å². The zero-order valence-electron chi connectivity index (χ0n) is 10.4. The summed E-state index contributed by atoms with van der Waals surface area (Å²) in [6.45, 7) is 5.74. The summed E-state index contributed by atoms with van der Waals surface area (Å²) in [6.07, 6.45) is 0.0338.